The predicted octanol–water partition coefficient (Wildman–Crippen LogP) is 3.49. The minimum Gasteiger partial charge on any atom is -0.497 e. The van der Waals surface area contributed by atoms with Crippen molar-refractivity contribution in [3.05, 3.63) is 42.2 Å². The van der Waals surface area contributed by atoms with Gasteiger partial charge in [-0.05, 0) is 37.1 Å². The Labute approximate surface area is 142 Å². The van der Waals surface area contributed by atoms with Gasteiger partial charge in [0, 0.05) is 31.2 Å². The highest BCUT2D eigenvalue weighted by atomic mass is 16.5. The summed E-state index contributed by atoms with van der Waals surface area (Å²) in [4.78, 5) is 22.8. The fraction of sp³-hybridized carbons (Fsp3) is 0.389. The molecule has 0 saturated carbocycles. The van der Waals surface area contributed by atoms with Crippen LogP contribution in [0.2, 0.25) is 0 Å². The van der Waals surface area contributed by atoms with Crippen LogP contribution in [0.1, 0.15) is 37.0 Å². The molecular formula is C18H24N4O2. The van der Waals surface area contributed by atoms with Crippen LogP contribution in [-0.4, -0.2) is 41.0 Å². The van der Waals surface area contributed by atoms with Gasteiger partial charge in [0.1, 0.15) is 5.75 Å². The Balaban J connectivity index is 2.04. The number of hydrogen-bond acceptors (Lipinski definition) is 5. The quantitative estimate of drug-likeness (QED) is 0.803. The molecule has 0 radical (unpaired) electrons. The molecule has 0 aliphatic rings. The normalized spacial score (nSPS) is 10.3. The van der Waals surface area contributed by atoms with Crippen LogP contribution in [-0.2, 0) is 0 Å². The van der Waals surface area contributed by atoms with Crippen molar-refractivity contribution in [2.75, 3.05) is 25.5 Å². The van der Waals surface area contributed by atoms with Crippen molar-refractivity contribution in [2.45, 2.75) is 26.7 Å². The van der Waals surface area contributed by atoms with Gasteiger partial charge in [0.25, 0.3) is 5.91 Å². The summed E-state index contributed by atoms with van der Waals surface area (Å²) < 4.78 is 5.12. The molecule has 0 fully saturated rings. The molecule has 1 amide bonds. The van der Waals surface area contributed by atoms with E-state index in [4.69, 9.17) is 4.74 Å². The molecule has 1 aromatic heterocycles. The van der Waals surface area contributed by atoms with Gasteiger partial charge in [-0.15, -0.1) is 0 Å². The summed E-state index contributed by atoms with van der Waals surface area (Å²) in [6.07, 6.45) is 5.01. The van der Waals surface area contributed by atoms with E-state index in [2.05, 4.69) is 29.1 Å². The zero-order valence-corrected chi connectivity index (χ0v) is 14.5. The fourth-order valence-corrected chi connectivity index (χ4v) is 2.34. The number of methoxy groups -OCH3 is 1. The zero-order valence-electron chi connectivity index (χ0n) is 14.5. The van der Waals surface area contributed by atoms with Crippen LogP contribution in [0, 0.1) is 0 Å². The smallest absolute Gasteiger partial charge is 0.256 e. The first-order chi connectivity index (χ1) is 11.7. The molecule has 1 N–H and O–H groups in total. The summed E-state index contributed by atoms with van der Waals surface area (Å²) in [6.45, 7) is 5.62. The first-order valence-electron chi connectivity index (χ1n) is 8.20. The minimum absolute atomic E-state index is 0.0188. The minimum atomic E-state index is -0.0188. The number of ether oxygens (including phenoxy) is 1. The number of benzene rings is 1. The van der Waals surface area contributed by atoms with E-state index in [9.17, 15) is 4.79 Å². The lowest BCUT2D eigenvalue weighted by Crippen LogP contribution is -2.32. The molecule has 1 heterocycles. The number of aromatic nitrogens is 2. The SMILES string of the molecule is CCCN(CCC)C(=O)c1cnc(Nc2ccc(OC)cc2)nc1. The molecular weight excluding hydrogens is 304 g/mol. The van der Waals surface area contributed by atoms with E-state index in [1.807, 2.05) is 29.2 Å². The molecule has 0 spiro atoms. The molecule has 2 aromatic rings. The topological polar surface area (TPSA) is 67.4 Å². The lowest BCUT2D eigenvalue weighted by molar-refractivity contribution is 0.0754. The van der Waals surface area contributed by atoms with Crippen LogP contribution in [0.3, 0.4) is 0 Å². The molecule has 128 valence electrons. The highest BCUT2D eigenvalue weighted by Crippen LogP contribution is 2.17. The van der Waals surface area contributed by atoms with Crippen LogP contribution < -0.4 is 10.1 Å². The van der Waals surface area contributed by atoms with Crippen molar-refractivity contribution in [1.29, 1.82) is 0 Å². The van der Waals surface area contributed by atoms with Gasteiger partial charge in [-0.25, -0.2) is 9.97 Å². The Morgan fingerprint density at radius 1 is 1.08 bits per heavy atom. The summed E-state index contributed by atoms with van der Waals surface area (Å²) in [5.74, 6) is 1.22. The average Bonchev–Trinajstić information content (AvgIpc) is 2.62. The summed E-state index contributed by atoms with van der Waals surface area (Å²) in [5.41, 5.74) is 1.37. The van der Waals surface area contributed by atoms with Crippen LogP contribution >= 0.6 is 0 Å². The molecule has 0 saturated heterocycles. The fourth-order valence-electron chi connectivity index (χ4n) is 2.34. The molecule has 6 nitrogen and oxygen atoms in total. The lowest BCUT2D eigenvalue weighted by Gasteiger charge is -2.21. The van der Waals surface area contributed by atoms with Gasteiger partial charge in [0.15, 0.2) is 0 Å². The highest BCUT2D eigenvalue weighted by Gasteiger charge is 2.15. The van der Waals surface area contributed by atoms with E-state index in [0.717, 1.165) is 37.4 Å². The monoisotopic (exact) mass is 328 g/mol. The van der Waals surface area contributed by atoms with Crippen LogP contribution in [0.25, 0.3) is 0 Å². The third-order valence-corrected chi connectivity index (χ3v) is 3.52. The Morgan fingerprint density at radius 3 is 2.17 bits per heavy atom. The number of amides is 1. The van der Waals surface area contributed by atoms with Gasteiger partial charge in [-0.3, -0.25) is 4.79 Å². The van der Waals surface area contributed by atoms with Crippen LogP contribution in [0.15, 0.2) is 36.7 Å². The van der Waals surface area contributed by atoms with E-state index < -0.39 is 0 Å². The molecule has 0 atom stereocenters. The third kappa shape index (κ3) is 4.68. The molecule has 0 bridgehead atoms. The molecule has 0 unspecified atom stereocenters. The molecule has 0 aliphatic heterocycles. The van der Waals surface area contributed by atoms with Gasteiger partial charge in [-0.1, -0.05) is 13.8 Å². The largest absolute Gasteiger partial charge is 0.497 e. The van der Waals surface area contributed by atoms with Gasteiger partial charge < -0.3 is 15.0 Å². The van der Waals surface area contributed by atoms with Crippen molar-refractivity contribution < 1.29 is 9.53 Å². The van der Waals surface area contributed by atoms with Crippen molar-refractivity contribution in [1.82, 2.24) is 14.9 Å². The summed E-state index contributed by atoms with van der Waals surface area (Å²) >= 11 is 0. The van der Waals surface area contributed by atoms with E-state index in [-0.39, 0.29) is 5.91 Å². The summed E-state index contributed by atoms with van der Waals surface area (Å²) in [6, 6.07) is 7.47. The average molecular weight is 328 g/mol. The number of hydrogen-bond donors (Lipinski definition) is 1. The number of nitrogens with one attached hydrogen (secondary N) is 1. The molecule has 24 heavy (non-hydrogen) atoms. The van der Waals surface area contributed by atoms with Crippen molar-refractivity contribution in [3.8, 4) is 5.75 Å². The first kappa shape index (κ1) is 17.7. The number of carbonyl (C=O) groups excluding carboxylic acids is 1. The highest BCUT2D eigenvalue weighted by molar-refractivity contribution is 5.93. The van der Waals surface area contributed by atoms with Gasteiger partial charge in [-0.2, -0.15) is 0 Å². The van der Waals surface area contributed by atoms with Gasteiger partial charge in [0.05, 0.1) is 12.7 Å². The van der Waals surface area contributed by atoms with Crippen LogP contribution in [0.4, 0.5) is 11.6 Å². The third-order valence-electron chi connectivity index (χ3n) is 3.52. The molecule has 0 aliphatic carbocycles. The van der Waals surface area contributed by atoms with E-state index in [1.54, 1.807) is 19.5 Å². The van der Waals surface area contributed by atoms with Gasteiger partial charge >= 0.3 is 0 Å². The second-order valence-electron chi connectivity index (χ2n) is 5.44. The second kappa shape index (κ2) is 8.86. The lowest BCUT2D eigenvalue weighted by atomic mass is 10.2. The number of rotatable bonds is 8. The Morgan fingerprint density at radius 2 is 1.67 bits per heavy atom. The second-order valence-corrected chi connectivity index (χ2v) is 5.44. The maximum absolute atomic E-state index is 12.5. The molecule has 6 heteroatoms. The first-order valence-corrected chi connectivity index (χ1v) is 8.20. The maximum atomic E-state index is 12.5. The van der Waals surface area contributed by atoms with Crippen molar-refractivity contribution in [2.24, 2.45) is 0 Å². The van der Waals surface area contributed by atoms with E-state index in [1.165, 1.54) is 0 Å². The molecule has 2 rings (SSSR count). The standard InChI is InChI=1S/C18H24N4O2/c1-4-10-22(11-5-2)17(23)14-12-19-18(20-13-14)21-15-6-8-16(24-3)9-7-15/h6-9,12-13H,4-5,10-11H2,1-3H3,(H,19,20,21). The van der Waals surface area contributed by atoms with Crippen molar-refractivity contribution in [3.63, 3.8) is 0 Å². The van der Waals surface area contributed by atoms with E-state index >= 15 is 0 Å². The number of nitrogens with zero attached hydrogens (tertiary/aromatic N) is 3. The number of anilines is 2. The maximum Gasteiger partial charge on any atom is 0.256 e. The van der Waals surface area contributed by atoms with Crippen LogP contribution in [0.5, 0.6) is 5.75 Å². The Hall–Kier alpha value is -2.63. The molecule has 1 aromatic carbocycles. The van der Waals surface area contributed by atoms with Gasteiger partial charge in [0.2, 0.25) is 5.95 Å². The Bertz CT molecular complexity index is 635. The zero-order chi connectivity index (χ0) is 17.4. The Kier molecular flexibility index (Phi) is 6.54. The number of carbonyl (C=O) groups is 1. The summed E-state index contributed by atoms with van der Waals surface area (Å²) in [5, 5.41) is 3.10. The predicted molar refractivity (Wildman–Crippen MR) is 94.8 cm³/mol. The van der Waals surface area contributed by atoms with E-state index in [0.29, 0.717) is 11.5 Å². The summed E-state index contributed by atoms with van der Waals surface area (Å²) in [7, 11) is 1.63. The van der Waals surface area contributed by atoms with Crippen molar-refractivity contribution >= 4 is 17.5 Å².